The van der Waals surface area contributed by atoms with Gasteiger partial charge in [0.05, 0.1) is 12.8 Å². The van der Waals surface area contributed by atoms with Gasteiger partial charge >= 0.3 is 0 Å². The number of ether oxygens (including phenoxy) is 1. The van der Waals surface area contributed by atoms with Gasteiger partial charge < -0.3 is 4.74 Å². The third kappa shape index (κ3) is 3.47. The third-order valence-electron chi connectivity index (χ3n) is 5.52. The molecule has 1 N–H and O–H groups in total. The lowest BCUT2D eigenvalue weighted by molar-refractivity contribution is 0.331. The maximum atomic E-state index is 5.53. The molecule has 29 heavy (non-hydrogen) atoms. The normalized spacial score (nSPS) is 14.5. The molecule has 6 nitrogen and oxygen atoms in total. The standard InChI is InChI=1S/C23H23N5O/c1-29-21-7-3-2-6-19(21)22-20-11-18(14-25-23(20)27-26-22)17-10-16(12-24-13-17)15-28-8-4-5-9-28/h2-3,6-7,10-14H,4-5,8-9,15H2,1H3,(H,25,26,27). The summed E-state index contributed by atoms with van der Waals surface area (Å²) >= 11 is 0. The molecule has 0 saturated carbocycles. The fourth-order valence-electron chi connectivity index (χ4n) is 4.04. The maximum absolute atomic E-state index is 5.53. The molecule has 4 heterocycles. The molecule has 1 aliphatic heterocycles. The summed E-state index contributed by atoms with van der Waals surface area (Å²) in [5, 5.41) is 8.47. The van der Waals surface area contributed by atoms with Crippen LogP contribution in [0, 0.1) is 0 Å². The van der Waals surface area contributed by atoms with Crippen molar-refractivity contribution in [3.63, 3.8) is 0 Å². The maximum Gasteiger partial charge on any atom is 0.181 e. The first-order valence-electron chi connectivity index (χ1n) is 9.96. The number of nitrogens with zero attached hydrogens (tertiary/aromatic N) is 4. The van der Waals surface area contributed by atoms with E-state index in [2.05, 4.69) is 37.2 Å². The van der Waals surface area contributed by atoms with Gasteiger partial charge in [-0.1, -0.05) is 12.1 Å². The van der Waals surface area contributed by atoms with Gasteiger partial charge in [-0.2, -0.15) is 5.10 Å². The van der Waals surface area contributed by atoms with Crippen LogP contribution in [0.1, 0.15) is 18.4 Å². The van der Waals surface area contributed by atoms with Crippen LogP contribution in [0.4, 0.5) is 0 Å². The molecule has 0 atom stereocenters. The van der Waals surface area contributed by atoms with E-state index in [1.165, 1.54) is 31.5 Å². The molecule has 0 radical (unpaired) electrons. The third-order valence-corrected chi connectivity index (χ3v) is 5.52. The highest BCUT2D eigenvalue weighted by Gasteiger charge is 2.15. The number of H-pyrrole nitrogens is 1. The molecule has 0 unspecified atom stereocenters. The molecule has 1 aromatic carbocycles. The zero-order valence-electron chi connectivity index (χ0n) is 16.4. The van der Waals surface area contributed by atoms with Crippen molar-refractivity contribution in [1.29, 1.82) is 0 Å². The second-order valence-electron chi connectivity index (χ2n) is 7.46. The number of aromatic nitrogens is 4. The monoisotopic (exact) mass is 385 g/mol. The first-order valence-corrected chi connectivity index (χ1v) is 9.96. The van der Waals surface area contributed by atoms with Crippen LogP contribution in [0.15, 0.2) is 55.0 Å². The molecule has 1 aliphatic rings. The number of pyridine rings is 2. The number of para-hydroxylation sites is 1. The van der Waals surface area contributed by atoms with E-state index in [-0.39, 0.29) is 0 Å². The molecule has 3 aromatic heterocycles. The van der Waals surface area contributed by atoms with Crippen molar-refractivity contribution in [3.05, 3.63) is 60.6 Å². The molecule has 0 bridgehead atoms. The lowest BCUT2D eigenvalue weighted by Gasteiger charge is -2.14. The molecule has 146 valence electrons. The Morgan fingerprint density at radius 3 is 2.72 bits per heavy atom. The highest BCUT2D eigenvalue weighted by molar-refractivity contribution is 5.94. The predicted molar refractivity (Wildman–Crippen MR) is 114 cm³/mol. The van der Waals surface area contributed by atoms with Gasteiger partial charge in [-0.05, 0) is 55.8 Å². The van der Waals surface area contributed by atoms with E-state index < -0.39 is 0 Å². The first-order chi connectivity index (χ1) is 14.3. The van der Waals surface area contributed by atoms with E-state index in [1.54, 1.807) is 7.11 Å². The van der Waals surface area contributed by atoms with Crippen LogP contribution in [0.25, 0.3) is 33.4 Å². The van der Waals surface area contributed by atoms with Gasteiger partial charge in [-0.3, -0.25) is 15.0 Å². The van der Waals surface area contributed by atoms with Crippen LogP contribution < -0.4 is 4.74 Å². The topological polar surface area (TPSA) is 66.9 Å². The zero-order valence-corrected chi connectivity index (χ0v) is 16.4. The summed E-state index contributed by atoms with van der Waals surface area (Å²) in [6.07, 6.45) is 8.32. The van der Waals surface area contributed by atoms with Gasteiger partial charge in [0.1, 0.15) is 5.75 Å². The van der Waals surface area contributed by atoms with Crippen LogP contribution in [0.2, 0.25) is 0 Å². The number of hydrogen-bond donors (Lipinski definition) is 1. The summed E-state index contributed by atoms with van der Waals surface area (Å²) in [5.41, 5.74) is 5.91. The van der Waals surface area contributed by atoms with E-state index >= 15 is 0 Å². The largest absolute Gasteiger partial charge is 0.496 e. The minimum Gasteiger partial charge on any atom is -0.496 e. The van der Waals surface area contributed by atoms with E-state index in [4.69, 9.17) is 4.74 Å². The summed E-state index contributed by atoms with van der Waals surface area (Å²) in [7, 11) is 1.68. The van der Waals surface area contributed by atoms with Crippen LogP contribution in [0.3, 0.4) is 0 Å². The Kier molecular flexibility index (Phi) is 4.69. The van der Waals surface area contributed by atoms with E-state index in [9.17, 15) is 0 Å². The fourth-order valence-corrected chi connectivity index (χ4v) is 4.04. The zero-order chi connectivity index (χ0) is 19.6. The highest BCUT2D eigenvalue weighted by atomic mass is 16.5. The second-order valence-corrected chi connectivity index (χ2v) is 7.46. The molecule has 1 fully saturated rings. The Balaban J connectivity index is 1.53. The molecule has 0 amide bonds. The van der Waals surface area contributed by atoms with Crippen molar-refractivity contribution < 1.29 is 4.74 Å². The fraction of sp³-hybridized carbons (Fsp3) is 0.261. The number of aromatic amines is 1. The lowest BCUT2D eigenvalue weighted by Crippen LogP contribution is -2.18. The Labute approximate surface area is 169 Å². The van der Waals surface area contributed by atoms with E-state index in [0.717, 1.165) is 40.1 Å². The van der Waals surface area contributed by atoms with Gasteiger partial charge in [-0.15, -0.1) is 0 Å². The number of likely N-dealkylation sites (tertiary alicyclic amines) is 1. The van der Waals surface area contributed by atoms with E-state index in [1.807, 2.05) is 42.9 Å². The molecule has 1 saturated heterocycles. The molecule has 0 aliphatic carbocycles. The van der Waals surface area contributed by atoms with Gasteiger partial charge in [0.25, 0.3) is 0 Å². The van der Waals surface area contributed by atoms with Crippen molar-refractivity contribution in [2.24, 2.45) is 0 Å². The highest BCUT2D eigenvalue weighted by Crippen LogP contribution is 2.34. The Bertz CT molecular complexity index is 1150. The van der Waals surface area contributed by atoms with Crippen LogP contribution in [0.5, 0.6) is 5.75 Å². The molecule has 4 aromatic rings. The van der Waals surface area contributed by atoms with Crippen molar-refractivity contribution in [2.45, 2.75) is 19.4 Å². The quantitative estimate of drug-likeness (QED) is 0.555. The summed E-state index contributed by atoms with van der Waals surface area (Å²) < 4.78 is 5.53. The number of benzene rings is 1. The van der Waals surface area contributed by atoms with Crippen molar-refractivity contribution in [3.8, 4) is 28.1 Å². The van der Waals surface area contributed by atoms with Crippen LogP contribution >= 0.6 is 0 Å². The SMILES string of the molecule is COc1ccccc1-c1[nH]nc2ncc(-c3cncc(CN4CCCC4)c3)cc12. The van der Waals surface area contributed by atoms with Crippen molar-refractivity contribution in [2.75, 3.05) is 20.2 Å². The average molecular weight is 385 g/mol. The molecule has 5 rings (SSSR count). The van der Waals surface area contributed by atoms with E-state index in [0.29, 0.717) is 5.65 Å². The second kappa shape index (κ2) is 7.64. The van der Waals surface area contributed by atoms with Gasteiger partial charge in [-0.25, -0.2) is 4.98 Å². The van der Waals surface area contributed by atoms with Crippen molar-refractivity contribution >= 4 is 11.0 Å². The van der Waals surface area contributed by atoms with Crippen molar-refractivity contribution in [1.82, 2.24) is 25.1 Å². The predicted octanol–water partition coefficient (Wildman–Crippen LogP) is 4.29. The van der Waals surface area contributed by atoms with Gasteiger partial charge in [0, 0.05) is 47.2 Å². The summed E-state index contributed by atoms with van der Waals surface area (Å²) in [5.74, 6) is 0.803. The van der Waals surface area contributed by atoms with Gasteiger partial charge in [0.2, 0.25) is 0 Å². The molecule has 0 spiro atoms. The number of hydrogen-bond acceptors (Lipinski definition) is 5. The summed E-state index contributed by atoms with van der Waals surface area (Å²) in [4.78, 5) is 11.5. The lowest BCUT2D eigenvalue weighted by atomic mass is 10.0. The minimum atomic E-state index is 0.691. The number of rotatable bonds is 5. The summed E-state index contributed by atoms with van der Waals surface area (Å²) in [6, 6.07) is 12.3. The van der Waals surface area contributed by atoms with Crippen LogP contribution in [-0.2, 0) is 6.54 Å². The minimum absolute atomic E-state index is 0.691. The molecule has 6 heteroatoms. The Hall–Kier alpha value is -3.25. The summed E-state index contributed by atoms with van der Waals surface area (Å²) in [6.45, 7) is 3.30. The Morgan fingerprint density at radius 2 is 1.86 bits per heavy atom. The molecular formula is C23H23N5O. The number of nitrogens with one attached hydrogen (secondary N) is 1. The number of methoxy groups -OCH3 is 1. The molecular weight excluding hydrogens is 362 g/mol. The first kappa shape index (κ1) is 17.8. The Morgan fingerprint density at radius 1 is 1.03 bits per heavy atom. The average Bonchev–Trinajstić information content (AvgIpc) is 3.43. The number of fused-ring (bicyclic) bond motifs is 1. The van der Waals surface area contributed by atoms with Gasteiger partial charge in [0.15, 0.2) is 5.65 Å². The smallest absolute Gasteiger partial charge is 0.181 e. The van der Waals surface area contributed by atoms with Crippen LogP contribution in [-0.4, -0.2) is 45.3 Å².